The van der Waals surface area contributed by atoms with E-state index in [1.165, 1.54) is 11.1 Å². The molecular formula is C23H22N4O2S. The fourth-order valence-corrected chi connectivity index (χ4v) is 5.08. The van der Waals surface area contributed by atoms with Gasteiger partial charge in [-0.15, -0.1) is 11.8 Å². The predicted molar refractivity (Wildman–Crippen MR) is 117 cm³/mol. The van der Waals surface area contributed by atoms with Crippen LogP contribution in [0.2, 0.25) is 0 Å². The number of piperidine rings is 1. The second-order valence-corrected chi connectivity index (χ2v) is 8.80. The Bertz CT molecular complexity index is 1140. The summed E-state index contributed by atoms with van der Waals surface area (Å²) in [6.45, 7) is 1.89. The molecule has 2 aliphatic rings. The number of nitrogens with zero attached hydrogens (tertiary/aromatic N) is 4. The molecule has 152 valence electrons. The smallest absolute Gasteiger partial charge is 0.274 e. The van der Waals surface area contributed by atoms with Gasteiger partial charge in [0.05, 0.1) is 6.20 Å². The van der Waals surface area contributed by atoms with Gasteiger partial charge in [0.1, 0.15) is 5.69 Å². The minimum atomic E-state index is -0.0842. The van der Waals surface area contributed by atoms with Crippen molar-refractivity contribution in [3.63, 3.8) is 0 Å². The maximum atomic E-state index is 13.3. The molecule has 0 radical (unpaired) electrons. The molecule has 2 atom stereocenters. The van der Waals surface area contributed by atoms with E-state index in [4.69, 9.17) is 0 Å². The molecular weight excluding hydrogens is 396 g/mol. The first-order chi connectivity index (χ1) is 14.6. The first-order valence-corrected chi connectivity index (χ1v) is 11.3. The van der Waals surface area contributed by atoms with Crippen LogP contribution in [0.15, 0.2) is 64.7 Å². The maximum absolute atomic E-state index is 13.3. The number of hydrogen-bond donors (Lipinski definition) is 0. The summed E-state index contributed by atoms with van der Waals surface area (Å²) in [5, 5.41) is 0. The SMILES string of the molecule is CSc1ccc(-c2ccc3n(c2=O)CC2CC3CN(C(=O)c3cnccn3)C2)cc1. The zero-order chi connectivity index (χ0) is 20.7. The Morgan fingerprint density at radius 3 is 2.63 bits per heavy atom. The Kier molecular flexibility index (Phi) is 4.90. The Balaban J connectivity index is 1.45. The van der Waals surface area contributed by atoms with Crippen molar-refractivity contribution in [1.82, 2.24) is 19.4 Å². The molecule has 1 amide bonds. The largest absolute Gasteiger partial charge is 0.336 e. The minimum absolute atomic E-state index is 0.0628. The van der Waals surface area contributed by atoms with E-state index in [1.807, 2.05) is 46.1 Å². The van der Waals surface area contributed by atoms with E-state index in [9.17, 15) is 9.59 Å². The molecule has 1 fully saturated rings. The lowest BCUT2D eigenvalue weighted by Crippen LogP contribution is -2.49. The van der Waals surface area contributed by atoms with Crippen LogP contribution in [0.25, 0.3) is 11.1 Å². The highest BCUT2D eigenvalue weighted by atomic mass is 32.2. The van der Waals surface area contributed by atoms with Gasteiger partial charge >= 0.3 is 0 Å². The van der Waals surface area contributed by atoms with E-state index in [1.54, 1.807) is 24.2 Å². The molecule has 0 N–H and O–H groups in total. The molecule has 0 saturated carbocycles. The van der Waals surface area contributed by atoms with Gasteiger partial charge in [-0.2, -0.15) is 0 Å². The summed E-state index contributed by atoms with van der Waals surface area (Å²) in [6.07, 6.45) is 7.67. The average molecular weight is 419 g/mol. The van der Waals surface area contributed by atoms with Crippen molar-refractivity contribution >= 4 is 17.7 Å². The highest BCUT2D eigenvalue weighted by molar-refractivity contribution is 7.98. The molecule has 3 aromatic rings. The van der Waals surface area contributed by atoms with Crippen LogP contribution < -0.4 is 5.56 Å². The number of carbonyl (C=O) groups is 1. The maximum Gasteiger partial charge on any atom is 0.274 e. The van der Waals surface area contributed by atoms with Crippen molar-refractivity contribution in [2.75, 3.05) is 19.3 Å². The van der Waals surface area contributed by atoms with Crippen LogP contribution >= 0.6 is 11.8 Å². The van der Waals surface area contributed by atoms with Crippen molar-refractivity contribution in [3.8, 4) is 11.1 Å². The van der Waals surface area contributed by atoms with Crippen LogP contribution in [0.1, 0.15) is 28.5 Å². The number of carbonyl (C=O) groups excluding carboxylic acids is 1. The first-order valence-electron chi connectivity index (χ1n) is 10.1. The van der Waals surface area contributed by atoms with Gasteiger partial charge in [0.25, 0.3) is 11.5 Å². The summed E-state index contributed by atoms with van der Waals surface area (Å²) >= 11 is 1.69. The number of aromatic nitrogens is 3. The lowest BCUT2D eigenvalue weighted by Gasteiger charge is -2.42. The van der Waals surface area contributed by atoms with E-state index in [0.717, 1.165) is 23.2 Å². The molecule has 6 nitrogen and oxygen atoms in total. The topological polar surface area (TPSA) is 68.1 Å². The minimum Gasteiger partial charge on any atom is -0.336 e. The predicted octanol–water partition coefficient (Wildman–Crippen LogP) is 3.29. The quantitative estimate of drug-likeness (QED) is 0.611. The van der Waals surface area contributed by atoms with Gasteiger partial charge < -0.3 is 9.47 Å². The number of thioether (sulfide) groups is 1. The fourth-order valence-electron chi connectivity index (χ4n) is 4.67. The lowest BCUT2D eigenvalue weighted by molar-refractivity contribution is 0.0588. The first kappa shape index (κ1) is 19.1. The Morgan fingerprint density at radius 1 is 1.07 bits per heavy atom. The van der Waals surface area contributed by atoms with Gasteiger partial charge in [-0.25, -0.2) is 4.98 Å². The van der Waals surface area contributed by atoms with Crippen LogP contribution in [0.5, 0.6) is 0 Å². The van der Waals surface area contributed by atoms with Crippen LogP contribution in [0.4, 0.5) is 0 Å². The van der Waals surface area contributed by atoms with E-state index in [2.05, 4.69) is 16.0 Å². The van der Waals surface area contributed by atoms with E-state index < -0.39 is 0 Å². The van der Waals surface area contributed by atoms with Gasteiger partial charge in [0, 0.05) is 54.1 Å². The van der Waals surface area contributed by atoms with Crippen LogP contribution in [0, 0.1) is 5.92 Å². The number of amides is 1. The Morgan fingerprint density at radius 2 is 1.90 bits per heavy atom. The zero-order valence-electron chi connectivity index (χ0n) is 16.7. The Hall–Kier alpha value is -2.93. The molecule has 0 aliphatic carbocycles. The van der Waals surface area contributed by atoms with E-state index in [0.29, 0.717) is 25.3 Å². The summed E-state index contributed by atoms with van der Waals surface area (Å²) in [4.78, 5) is 37.4. The highest BCUT2D eigenvalue weighted by Gasteiger charge is 2.37. The van der Waals surface area contributed by atoms with Gasteiger partial charge in [-0.1, -0.05) is 12.1 Å². The second-order valence-electron chi connectivity index (χ2n) is 7.92. The standard InChI is InChI=1S/C23H22N4O2S/c1-30-18-4-2-16(3-5-18)19-6-7-21-17-10-15(13-27(21)22(19)28)12-26(14-17)23(29)20-11-24-8-9-25-20/h2-9,11,15,17H,10,12-14H2,1H3. The third-order valence-electron chi connectivity index (χ3n) is 6.07. The molecule has 5 rings (SSSR count). The average Bonchev–Trinajstić information content (AvgIpc) is 2.80. The van der Waals surface area contributed by atoms with Gasteiger partial charge in [-0.3, -0.25) is 14.6 Å². The number of pyridine rings is 1. The molecule has 2 aliphatic heterocycles. The summed E-state index contributed by atoms with van der Waals surface area (Å²) in [7, 11) is 0. The van der Waals surface area contributed by atoms with Crippen molar-refractivity contribution < 1.29 is 4.79 Å². The van der Waals surface area contributed by atoms with E-state index >= 15 is 0 Å². The third kappa shape index (κ3) is 3.33. The van der Waals surface area contributed by atoms with Crippen molar-refractivity contribution in [1.29, 1.82) is 0 Å². The summed E-state index contributed by atoms with van der Waals surface area (Å²) in [5.74, 6) is 0.349. The normalized spacial score (nSPS) is 20.0. The van der Waals surface area contributed by atoms with Crippen LogP contribution in [-0.4, -0.2) is 44.7 Å². The van der Waals surface area contributed by atoms with Crippen molar-refractivity contribution in [2.45, 2.75) is 23.8 Å². The fraction of sp³-hybridized carbons (Fsp3) is 0.304. The van der Waals surface area contributed by atoms with E-state index in [-0.39, 0.29) is 23.3 Å². The van der Waals surface area contributed by atoms with Crippen LogP contribution in [-0.2, 0) is 6.54 Å². The molecule has 0 spiro atoms. The third-order valence-corrected chi connectivity index (χ3v) is 6.82. The molecule has 4 heterocycles. The number of benzene rings is 1. The number of likely N-dealkylation sites (tertiary alicyclic amines) is 1. The monoisotopic (exact) mass is 418 g/mol. The van der Waals surface area contributed by atoms with Gasteiger partial charge in [-0.05, 0) is 48.4 Å². The van der Waals surface area contributed by atoms with Crippen LogP contribution in [0.3, 0.4) is 0 Å². The molecule has 2 aromatic heterocycles. The van der Waals surface area contributed by atoms with Crippen molar-refractivity contribution in [2.24, 2.45) is 5.92 Å². The highest BCUT2D eigenvalue weighted by Crippen LogP contribution is 2.36. The zero-order valence-corrected chi connectivity index (χ0v) is 17.5. The molecule has 30 heavy (non-hydrogen) atoms. The molecule has 2 bridgehead atoms. The number of hydrogen-bond acceptors (Lipinski definition) is 5. The van der Waals surface area contributed by atoms with Crippen molar-refractivity contribution in [3.05, 3.63) is 76.7 Å². The molecule has 1 saturated heterocycles. The summed E-state index contributed by atoms with van der Waals surface area (Å²) in [5.41, 5.74) is 3.14. The summed E-state index contributed by atoms with van der Waals surface area (Å²) < 4.78 is 1.93. The van der Waals surface area contributed by atoms with Gasteiger partial charge in [0.2, 0.25) is 0 Å². The molecule has 7 heteroatoms. The number of fused-ring (bicyclic) bond motifs is 4. The second kappa shape index (κ2) is 7.72. The lowest BCUT2D eigenvalue weighted by atomic mass is 9.82. The summed E-state index contributed by atoms with van der Waals surface area (Å²) in [6, 6.07) is 12.1. The molecule has 1 aromatic carbocycles. The Labute approximate surface area is 179 Å². The van der Waals surface area contributed by atoms with Gasteiger partial charge in [0.15, 0.2) is 0 Å². The number of rotatable bonds is 3. The molecule has 2 unspecified atom stereocenters.